The Morgan fingerprint density at radius 2 is 1.90 bits per heavy atom. The van der Waals surface area contributed by atoms with Crippen LogP contribution in [0, 0.1) is 0 Å². The van der Waals surface area contributed by atoms with Gasteiger partial charge in [0, 0.05) is 18.7 Å². The second kappa shape index (κ2) is 6.76. The summed E-state index contributed by atoms with van der Waals surface area (Å²) in [7, 11) is 1.51. The van der Waals surface area contributed by atoms with E-state index in [2.05, 4.69) is 5.32 Å². The monoisotopic (exact) mass is 286 g/mol. The fourth-order valence-electron chi connectivity index (χ4n) is 2.03. The highest BCUT2D eigenvalue weighted by atomic mass is 16.5. The molecule has 0 saturated heterocycles. The van der Waals surface area contributed by atoms with Crippen molar-refractivity contribution in [3.05, 3.63) is 59.2 Å². The van der Waals surface area contributed by atoms with Crippen molar-refractivity contribution in [2.75, 3.05) is 7.11 Å². The molecular weight excluding hydrogens is 268 g/mol. The van der Waals surface area contributed by atoms with Crippen molar-refractivity contribution in [3.8, 4) is 11.5 Å². The van der Waals surface area contributed by atoms with Crippen LogP contribution in [0.2, 0.25) is 0 Å². The Morgan fingerprint density at radius 3 is 2.52 bits per heavy atom. The highest BCUT2D eigenvalue weighted by Gasteiger charge is 2.03. The third kappa shape index (κ3) is 3.97. The normalized spacial score (nSPS) is 10.3. The van der Waals surface area contributed by atoms with Gasteiger partial charge in [-0.25, -0.2) is 0 Å². The van der Waals surface area contributed by atoms with Crippen molar-refractivity contribution in [3.63, 3.8) is 0 Å². The fraction of sp³-hybridized carbons (Fsp3) is 0.188. The molecule has 0 radical (unpaired) electrons. The lowest BCUT2D eigenvalue weighted by atomic mass is 10.1. The number of nitrogens with one attached hydrogen (secondary N) is 1. The molecule has 0 aliphatic rings. The van der Waals surface area contributed by atoms with Crippen molar-refractivity contribution >= 4 is 5.91 Å². The van der Waals surface area contributed by atoms with Crippen LogP contribution >= 0.6 is 0 Å². The average Bonchev–Trinajstić information content (AvgIpc) is 2.48. The molecule has 5 heteroatoms. The Hall–Kier alpha value is -2.53. The van der Waals surface area contributed by atoms with Gasteiger partial charge in [0.05, 0.1) is 7.11 Å². The molecule has 0 atom stereocenters. The summed E-state index contributed by atoms with van der Waals surface area (Å²) in [6, 6.07) is 12.4. The molecule has 2 aromatic rings. The van der Waals surface area contributed by atoms with Crippen LogP contribution in [0.1, 0.15) is 21.5 Å². The number of amides is 1. The number of nitrogens with two attached hydrogens (primary N) is 1. The second-order valence-electron chi connectivity index (χ2n) is 4.67. The van der Waals surface area contributed by atoms with Crippen LogP contribution in [0.15, 0.2) is 42.5 Å². The Kier molecular flexibility index (Phi) is 4.79. The highest BCUT2D eigenvalue weighted by molar-refractivity contribution is 5.92. The number of ether oxygens (including phenoxy) is 1. The molecule has 0 aromatic heterocycles. The first-order valence-corrected chi connectivity index (χ1v) is 6.55. The molecule has 2 aromatic carbocycles. The molecule has 5 nitrogen and oxygen atoms in total. The number of methoxy groups -OCH3 is 1. The quantitative estimate of drug-likeness (QED) is 0.756. The first-order valence-electron chi connectivity index (χ1n) is 6.55. The first kappa shape index (κ1) is 14.9. The third-order valence-electron chi connectivity index (χ3n) is 3.11. The van der Waals surface area contributed by atoms with Crippen LogP contribution < -0.4 is 15.8 Å². The van der Waals surface area contributed by atoms with Gasteiger partial charge in [-0.05, 0) is 35.4 Å². The molecule has 0 aliphatic carbocycles. The van der Waals surface area contributed by atoms with Gasteiger partial charge < -0.3 is 20.9 Å². The Balaban J connectivity index is 1.93. The minimum absolute atomic E-state index is 0.118. The van der Waals surface area contributed by atoms with Crippen LogP contribution in [0.4, 0.5) is 0 Å². The predicted molar refractivity (Wildman–Crippen MR) is 80.2 cm³/mol. The molecule has 21 heavy (non-hydrogen) atoms. The standard InChI is InChI=1S/C16H18N2O3/c1-21-15-6-5-12(8-14(15)19)10-18-9-11-3-2-4-13(7-11)16(17)20/h2-8,18-19H,9-10H2,1H3,(H2,17,20). The van der Waals surface area contributed by atoms with Gasteiger partial charge in [-0.3, -0.25) is 4.79 Å². The van der Waals surface area contributed by atoms with Gasteiger partial charge in [-0.1, -0.05) is 18.2 Å². The van der Waals surface area contributed by atoms with Gasteiger partial charge in [-0.15, -0.1) is 0 Å². The topological polar surface area (TPSA) is 84.6 Å². The zero-order chi connectivity index (χ0) is 15.2. The summed E-state index contributed by atoms with van der Waals surface area (Å²) < 4.78 is 5.00. The number of aromatic hydroxyl groups is 1. The molecule has 0 spiro atoms. The van der Waals surface area contributed by atoms with Crippen LogP contribution in [-0.4, -0.2) is 18.1 Å². The highest BCUT2D eigenvalue weighted by Crippen LogP contribution is 2.26. The number of primary amides is 1. The number of carbonyl (C=O) groups excluding carboxylic acids is 1. The zero-order valence-electron chi connectivity index (χ0n) is 11.8. The van der Waals surface area contributed by atoms with Crippen molar-refractivity contribution in [2.24, 2.45) is 5.73 Å². The van der Waals surface area contributed by atoms with E-state index in [4.69, 9.17) is 10.5 Å². The number of phenols is 1. The SMILES string of the molecule is COc1ccc(CNCc2cccc(C(N)=O)c2)cc1O. The maximum absolute atomic E-state index is 11.1. The number of benzene rings is 2. The molecular formula is C16H18N2O3. The molecule has 2 rings (SSSR count). The van der Waals surface area contributed by atoms with E-state index in [0.29, 0.717) is 24.4 Å². The number of carbonyl (C=O) groups is 1. The van der Waals surface area contributed by atoms with E-state index in [0.717, 1.165) is 11.1 Å². The lowest BCUT2D eigenvalue weighted by Gasteiger charge is -2.08. The van der Waals surface area contributed by atoms with Gasteiger partial charge in [-0.2, -0.15) is 0 Å². The molecule has 0 aliphatic heterocycles. The maximum atomic E-state index is 11.1. The summed E-state index contributed by atoms with van der Waals surface area (Å²) in [5.74, 6) is 0.136. The summed E-state index contributed by atoms with van der Waals surface area (Å²) in [5.41, 5.74) is 7.66. The predicted octanol–water partition coefficient (Wildman–Crippen LogP) is 1.79. The molecule has 0 heterocycles. The summed E-state index contributed by atoms with van der Waals surface area (Å²) in [6.07, 6.45) is 0. The van der Waals surface area contributed by atoms with Gasteiger partial charge in [0.25, 0.3) is 0 Å². The molecule has 0 fully saturated rings. The first-order chi connectivity index (χ1) is 10.1. The Labute approximate surface area is 123 Å². The second-order valence-corrected chi connectivity index (χ2v) is 4.67. The van der Waals surface area contributed by atoms with Crippen LogP contribution in [0.25, 0.3) is 0 Å². The van der Waals surface area contributed by atoms with Gasteiger partial charge in [0.2, 0.25) is 5.91 Å². The van der Waals surface area contributed by atoms with E-state index in [1.165, 1.54) is 7.11 Å². The molecule has 0 saturated carbocycles. The van der Waals surface area contributed by atoms with E-state index in [1.54, 1.807) is 30.3 Å². The fourth-order valence-corrected chi connectivity index (χ4v) is 2.03. The largest absolute Gasteiger partial charge is 0.504 e. The average molecular weight is 286 g/mol. The Morgan fingerprint density at radius 1 is 1.19 bits per heavy atom. The van der Waals surface area contributed by atoms with Crippen molar-refractivity contribution in [2.45, 2.75) is 13.1 Å². The van der Waals surface area contributed by atoms with Crippen LogP contribution in [0.5, 0.6) is 11.5 Å². The van der Waals surface area contributed by atoms with E-state index < -0.39 is 5.91 Å². The minimum atomic E-state index is -0.433. The molecule has 0 bridgehead atoms. The number of rotatable bonds is 6. The summed E-state index contributed by atoms with van der Waals surface area (Å²) in [6.45, 7) is 1.20. The molecule has 0 unspecified atom stereocenters. The Bertz CT molecular complexity index is 641. The maximum Gasteiger partial charge on any atom is 0.248 e. The summed E-state index contributed by atoms with van der Waals surface area (Å²) in [5, 5.41) is 12.9. The van der Waals surface area contributed by atoms with Crippen molar-refractivity contribution in [1.82, 2.24) is 5.32 Å². The summed E-state index contributed by atoms with van der Waals surface area (Å²) >= 11 is 0. The van der Waals surface area contributed by atoms with Crippen molar-refractivity contribution < 1.29 is 14.6 Å². The van der Waals surface area contributed by atoms with Crippen LogP contribution in [-0.2, 0) is 13.1 Å². The zero-order valence-corrected chi connectivity index (χ0v) is 11.8. The van der Waals surface area contributed by atoms with E-state index >= 15 is 0 Å². The third-order valence-corrected chi connectivity index (χ3v) is 3.11. The lowest BCUT2D eigenvalue weighted by molar-refractivity contribution is 0.1000. The lowest BCUT2D eigenvalue weighted by Crippen LogP contribution is -2.14. The number of hydrogen-bond donors (Lipinski definition) is 3. The number of hydrogen-bond acceptors (Lipinski definition) is 4. The van der Waals surface area contributed by atoms with E-state index in [-0.39, 0.29) is 5.75 Å². The minimum Gasteiger partial charge on any atom is -0.504 e. The van der Waals surface area contributed by atoms with Gasteiger partial charge >= 0.3 is 0 Å². The van der Waals surface area contributed by atoms with Gasteiger partial charge in [0.15, 0.2) is 11.5 Å². The van der Waals surface area contributed by atoms with E-state index in [9.17, 15) is 9.90 Å². The molecule has 4 N–H and O–H groups in total. The van der Waals surface area contributed by atoms with E-state index in [1.807, 2.05) is 12.1 Å². The van der Waals surface area contributed by atoms with Gasteiger partial charge in [0.1, 0.15) is 0 Å². The van der Waals surface area contributed by atoms with Crippen LogP contribution in [0.3, 0.4) is 0 Å². The van der Waals surface area contributed by atoms with Crippen molar-refractivity contribution in [1.29, 1.82) is 0 Å². The molecule has 110 valence electrons. The molecule has 1 amide bonds. The summed E-state index contributed by atoms with van der Waals surface area (Å²) in [4.78, 5) is 11.1. The smallest absolute Gasteiger partial charge is 0.248 e. The number of phenolic OH excluding ortho intramolecular Hbond substituents is 1.